The van der Waals surface area contributed by atoms with E-state index in [0.717, 1.165) is 7.11 Å². The summed E-state index contributed by atoms with van der Waals surface area (Å²) in [5.74, 6) is -4.37. The molecular formula is C20H38N6O9S. The van der Waals surface area contributed by atoms with Gasteiger partial charge >= 0.3 is 0 Å². The molecular weight excluding hydrogens is 500 g/mol. The van der Waals surface area contributed by atoms with E-state index in [0.29, 0.717) is 11.8 Å². The summed E-state index contributed by atoms with van der Waals surface area (Å²) in [4.78, 5) is 71.5. The molecule has 0 aromatic rings. The Hall–Kier alpha value is -2.79. The molecule has 0 aliphatic heterocycles. The van der Waals surface area contributed by atoms with Crippen LogP contribution in [-0.4, -0.2) is 106 Å². The highest BCUT2D eigenvalue weighted by atomic mass is 32.2. The van der Waals surface area contributed by atoms with Crippen molar-refractivity contribution in [1.29, 1.82) is 0 Å². The quantitative estimate of drug-likeness (QED) is 0.0755. The third-order valence-corrected chi connectivity index (χ3v) is 5.00. The Labute approximate surface area is 213 Å². The first kappa shape index (κ1) is 35.4. The zero-order valence-corrected chi connectivity index (χ0v) is 22.0. The van der Waals surface area contributed by atoms with E-state index in [1.54, 1.807) is 0 Å². The Bertz CT molecular complexity index is 777. The van der Waals surface area contributed by atoms with Crippen LogP contribution in [0.2, 0.25) is 0 Å². The smallest absolute Gasteiger partial charge is 0.246 e. The third kappa shape index (κ3) is 14.6. The van der Waals surface area contributed by atoms with Gasteiger partial charge in [-0.3, -0.25) is 28.8 Å². The van der Waals surface area contributed by atoms with Crippen LogP contribution in [0.5, 0.6) is 0 Å². The highest BCUT2D eigenvalue weighted by Crippen LogP contribution is 2.13. The lowest BCUT2D eigenvalue weighted by Crippen LogP contribution is -2.59. The van der Waals surface area contributed by atoms with Crippen molar-refractivity contribution in [3.05, 3.63) is 0 Å². The topological polar surface area (TPSA) is 249 Å². The van der Waals surface area contributed by atoms with Crippen molar-refractivity contribution in [3.63, 3.8) is 0 Å². The molecule has 0 fully saturated rings. The zero-order valence-electron chi connectivity index (χ0n) is 21.2. The molecule has 0 aromatic heterocycles. The summed E-state index contributed by atoms with van der Waals surface area (Å²) in [5, 5.41) is 35.7. The molecule has 0 rings (SSSR count). The fraction of sp³-hybridized carbons (Fsp3) is 0.700. The van der Waals surface area contributed by atoms with Gasteiger partial charge in [0.2, 0.25) is 34.6 Å². The van der Waals surface area contributed by atoms with Crippen LogP contribution in [0.1, 0.15) is 34.1 Å². The lowest BCUT2D eigenvalue weighted by molar-refractivity contribution is -0.137. The molecule has 0 radical (unpaired) electrons. The van der Waals surface area contributed by atoms with Crippen LogP contribution in [0.3, 0.4) is 0 Å². The van der Waals surface area contributed by atoms with Crippen LogP contribution in [0, 0.1) is 0 Å². The maximum absolute atomic E-state index is 12.5. The van der Waals surface area contributed by atoms with Crippen molar-refractivity contribution in [1.82, 2.24) is 26.6 Å². The number of rotatable bonds is 14. The maximum atomic E-state index is 12.5. The molecule has 16 heteroatoms. The second-order valence-corrected chi connectivity index (χ2v) is 9.41. The van der Waals surface area contributed by atoms with Gasteiger partial charge in [-0.2, -0.15) is 0 Å². The molecule has 0 saturated heterocycles. The number of aliphatic hydroxyl groups excluding tert-OH is 2. The predicted molar refractivity (Wildman–Crippen MR) is 131 cm³/mol. The molecule has 0 heterocycles. The minimum atomic E-state index is -2.29. The van der Waals surface area contributed by atoms with Gasteiger partial charge in [-0.15, -0.1) is 11.8 Å². The van der Waals surface area contributed by atoms with Gasteiger partial charge in [0, 0.05) is 12.6 Å². The Morgan fingerprint density at radius 3 is 1.94 bits per heavy atom. The van der Waals surface area contributed by atoms with Crippen LogP contribution in [0.4, 0.5) is 0 Å². The van der Waals surface area contributed by atoms with E-state index in [4.69, 9.17) is 10.8 Å². The van der Waals surface area contributed by atoms with E-state index in [-0.39, 0.29) is 18.4 Å². The molecule has 10 N–H and O–H groups in total. The molecule has 0 bridgehead atoms. The molecule has 0 spiro atoms. The van der Waals surface area contributed by atoms with Gasteiger partial charge in [0.05, 0.1) is 19.6 Å². The third-order valence-electron chi connectivity index (χ3n) is 4.18. The van der Waals surface area contributed by atoms with E-state index in [9.17, 15) is 39.0 Å². The number of carbonyl (C=O) groups excluding carboxylic acids is 6. The average Bonchev–Trinajstić information content (AvgIpc) is 2.80. The molecule has 4 atom stereocenters. The Morgan fingerprint density at radius 2 is 1.53 bits per heavy atom. The van der Waals surface area contributed by atoms with Crippen LogP contribution < -0.4 is 32.3 Å². The molecule has 5 amide bonds. The van der Waals surface area contributed by atoms with Gasteiger partial charge in [0.25, 0.3) is 0 Å². The lowest BCUT2D eigenvalue weighted by atomic mass is 10.1. The minimum Gasteiger partial charge on any atom is -0.400 e. The van der Waals surface area contributed by atoms with Crippen molar-refractivity contribution in [2.24, 2.45) is 5.73 Å². The number of nitrogens with two attached hydrogens (primary N) is 1. The van der Waals surface area contributed by atoms with Crippen molar-refractivity contribution in [2.45, 2.75) is 62.8 Å². The molecule has 15 nitrogen and oxygen atoms in total. The monoisotopic (exact) mass is 538 g/mol. The van der Waals surface area contributed by atoms with Crippen LogP contribution >= 0.6 is 11.8 Å². The molecule has 36 heavy (non-hydrogen) atoms. The second kappa shape index (κ2) is 16.8. The Kier molecular flexibility index (Phi) is 16.5. The highest BCUT2D eigenvalue weighted by molar-refractivity contribution is 8.00. The van der Waals surface area contributed by atoms with E-state index in [1.165, 1.54) is 13.2 Å². The lowest BCUT2D eigenvalue weighted by Gasteiger charge is -2.26. The van der Waals surface area contributed by atoms with E-state index >= 15 is 0 Å². The van der Waals surface area contributed by atoms with E-state index in [1.807, 2.05) is 26.1 Å². The molecule has 0 aliphatic carbocycles. The Balaban J connectivity index is 0. The fourth-order valence-corrected chi connectivity index (χ4v) is 2.56. The summed E-state index contributed by atoms with van der Waals surface area (Å²) in [5.41, 5.74) is 4.74. The van der Waals surface area contributed by atoms with Crippen molar-refractivity contribution < 1.29 is 44.1 Å². The number of hydrogen-bond acceptors (Lipinski definition) is 11. The normalized spacial score (nSPS) is 14.9. The standard InChI is InChI=1S/C19H34N6O8S.CH4O/c1-10(22-16(31)12(8-26)23-14(29)7-21-18(2,3)4)15(30)24-11(6-13(20)28)17(32)25-19(33,9-27)34-5;1-2/h9-12,21,26,33H,6-8H2,1-5H3,(H2,20,28)(H,22,31)(H,23,29)(H,24,30)(H,25,32);2H,1H3/t10-,11-,12?,19?;/m0./s1. The summed E-state index contributed by atoms with van der Waals surface area (Å²) in [6.45, 7) is 5.91. The van der Waals surface area contributed by atoms with E-state index in [2.05, 4.69) is 21.3 Å². The number of primary amides is 1. The summed E-state index contributed by atoms with van der Waals surface area (Å²) >= 11 is 0.593. The molecule has 2 unspecified atom stereocenters. The first-order valence-electron chi connectivity index (χ1n) is 10.6. The number of aldehydes is 1. The maximum Gasteiger partial charge on any atom is 0.246 e. The van der Waals surface area contributed by atoms with Gasteiger partial charge in [0.1, 0.15) is 18.1 Å². The second-order valence-electron chi connectivity index (χ2n) is 8.38. The van der Waals surface area contributed by atoms with Gasteiger partial charge in [-0.05, 0) is 34.0 Å². The molecule has 0 aliphatic rings. The van der Waals surface area contributed by atoms with Crippen molar-refractivity contribution in [3.8, 4) is 0 Å². The van der Waals surface area contributed by atoms with Crippen LogP contribution in [0.15, 0.2) is 0 Å². The molecule has 208 valence electrons. The number of thioether (sulfide) groups is 1. The largest absolute Gasteiger partial charge is 0.400 e. The molecule has 0 aromatic carbocycles. The van der Waals surface area contributed by atoms with Crippen molar-refractivity contribution >= 4 is 47.6 Å². The summed E-state index contributed by atoms with van der Waals surface area (Å²) in [7, 11) is 1.00. The number of nitrogens with one attached hydrogen (secondary N) is 5. The summed E-state index contributed by atoms with van der Waals surface area (Å²) in [6.07, 6.45) is 0.739. The predicted octanol–water partition coefficient (Wildman–Crippen LogP) is -4.35. The van der Waals surface area contributed by atoms with E-state index < -0.39 is 65.7 Å². The average molecular weight is 539 g/mol. The zero-order chi connectivity index (χ0) is 28.7. The van der Waals surface area contributed by atoms with Crippen LogP contribution in [0.25, 0.3) is 0 Å². The first-order chi connectivity index (χ1) is 16.6. The SMILES string of the molecule is CO.CSC(O)(C=O)NC(=O)[C@H](CC(N)=O)NC(=O)[C@H](C)NC(=O)C(CO)NC(=O)CNC(C)(C)C. The fourth-order valence-electron chi connectivity index (χ4n) is 2.26. The summed E-state index contributed by atoms with van der Waals surface area (Å²) < 4.78 is 0. The number of carbonyl (C=O) groups is 6. The number of aliphatic hydroxyl groups is 3. The number of hydrogen-bond donors (Lipinski definition) is 9. The summed E-state index contributed by atoms with van der Waals surface area (Å²) in [6, 6.07) is -4.17. The number of amides is 5. The van der Waals surface area contributed by atoms with Gasteiger partial charge in [-0.1, -0.05) is 0 Å². The van der Waals surface area contributed by atoms with Crippen LogP contribution in [-0.2, 0) is 28.8 Å². The van der Waals surface area contributed by atoms with Gasteiger partial charge in [0.15, 0.2) is 6.29 Å². The van der Waals surface area contributed by atoms with Gasteiger partial charge in [-0.25, -0.2) is 0 Å². The molecule has 0 saturated carbocycles. The Morgan fingerprint density at radius 1 is 0.972 bits per heavy atom. The van der Waals surface area contributed by atoms with Crippen molar-refractivity contribution in [2.75, 3.05) is 26.5 Å². The van der Waals surface area contributed by atoms with Gasteiger partial charge < -0.3 is 47.6 Å². The first-order valence-corrected chi connectivity index (χ1v) is 11.8. The minimum absolute atomic E-state index is 0.0574. The highest BCUT2D eigenvalue weighted by Gasteiger charge is 2.33.